The topological polar surface area (TPSA) is 85.9 Å². The zero-order valence-electron chi connectivity index (χ0n) is 18.6. The average molecular weight is 438 g/mol. The normalized spacial score (nSPS) is 23.9. The second-order valence-electron chi connectivity index (χ2n) is 10.4. The van der Waals surface area contributed by atoms with Crippen LogP contribution in [0, 0.1) is 11.8 Å². The van der Waals surface area contributed by atoms with Crippen molar-refractivity contribution in [3.63, 3.8) is 0 Å². The van der Waals surface area contributed by atoms with E-state index >= 15 is 0 Å². The molecule has 1 aromatic heterocycles. The van der Waals surface area contributed by atoms with Crippen molar-refractivity contribution < 1.29 is 19.4 Å². The lowest BCUT2D eigenvalue weighted by atomic mass is 9.68. The molecule has 7 heteroatoms. The first-order chi connectivity index (χ1) is 15.5. The Balaban J connectivity index is 1.39. The van der Waals surface area contributed by atoms with Gasteiger partial charge < -0.3 is 24.6 Å². The van der Waals surface area contributed by atoms with Gasteiger partial charge in [0, 0.05) is 55.1 Å². The van der Waals surface area contributed by atoms with Crippen LogP contribution in [0.3, 0.4) is 0 Å². The predicted molar refractivity (Wildman–Crippen MR) is 119 cm³/mol. The molecule has 0 unspecified atom stereocenters. The molecule has 4 aliphatic rings. The Kier molecular flexibility index (Phi) is 4.54. The number of methoxy groups -OCH3 is 1. The standard InChI is InChI=1S/C25H31N3O4/c1-32-17-6-7-18-19(10-17)26-24-20(11-29)28(22(31)9-16-4-5-16)14-25(23(18)24)12-27(13-25)21(30)8-15-2-3-15/h6-7,10,15-16,20,26,29H,2-5,8-9,11-14H2,1H3/t20-/m1/s1. The minimum Gasteiger partial charge on any atom is -0.497 e. The first kappa shape index (κ1) is 20.1. The Hall–Kier alpha value is -2.54. The van der Waals surface area contributed by atoms with Crippen molar-refractivity contribution in [2.24, 2.45) is 11.8 Å². The number of rotatable bonds is 6. The number of amides is 2. The summed E-state index contributed by atoms with van der Waals surface area (Å²) >= 11 is 0. The molecule has 2 saturated carbocycles. The quantitative estimate of drug-likeness (QED) is 0.728. The number of ether oxygens (including phenoxy) is 1. The molecule has 2 aliphatic carbocycles. The minimum atomic E-state index is -0.378. The van der Waals surface area contributed by atoms with Crippen LogP contribution >= 0.6 is 0 Å². The molecular weight excluding hydrogens is 406 g/mol. The maximum atomic E-state index is 13.2. The molecule has 2 aromatic rings. The molecule has 1 spiro atoms. The highest BCUT2D eigenvalue weighted by atomic mass is 16.5. The van der Waals surface area contributed by atoms with E-state index in [-0.39, 0.29) is 29.9 Å². The number of aromatic nitrogens is 1. The van der Waals surface area contributed by atoms with Crippen LogP contribution in [0.4, 0.5) is 0 Å². The minimum absolute atomic E-state index is 0.117. The van der Waals surface area contributed by atoms with Gasteiger partial charge in [0.2, 0.25) is 11.8 Å². The molecule has 6 rings (SSSR count). The zero-order chi connectivity index (χ0) is 22.0. The van der Waals surface area contributed by atoms with E-state index in [0.29, 0.717) is 44.3 Å². The van der Waals surface area contributed by atoms with Crippen LogP contribution in [-0.4, -0.2) is 65.1 Å². The smallest absolute Gasteiger partial charge is 0.223 e. The second-order valence-corrected chi connectivity index (χ2v) is 10.4. The van der Waals surface area contributed by atoms with E-state index < -0.39 is 0 Å². The summed E-state index contributed by atoms with van der Waals surface area (Å²) in [6, 6.07) is 5.62. The molecule has 2 amide bonds. The number of nitrogens with one attached hydrogen (secondary N) is 1. The highest BCUT2D eigenvalue weighted by Gasteiger charge is 2.55. The van der Waals surface area contributed by atoms with Gasteiger partial charge in [0.15, 0.2) is 0 Å². The molecule has 2 aliphatic heterocycles. The predicted octanol–water partition coefficient (Wildman–Crippen LogP) is 2.73. The van der Waals surface area contributed by atoms with Gasteiger partial charge in [0.05, 0.1) is 25.2 Å². The van der Waals surface area contributed by atoms with Crippen molar-refractivity contribution in [3.05, 3.63) is 29.5 Å². The van der Waals surface area contributed by atoms with Gasteiger partial charge in [0.25, 0.3) is 0 Å². The van der Waals surface area contributed by atoms with Gasteiger partial charge in [-0.25, -0.2) is 0 Å². The molecule has 1 atom stereocenters. The van der Waals surface area contributed by atoms with Crippen LogP contribution in [0.5, 0.6) is 5.75 Å². The third-order valence-corrected chi connectivity index (χ3v) is 7.90. The molecule has 3 fully saturated rings. The van der Waals surface area contributed by atoms with E-state index in [1.807, 2.05) is 21.9 Å². The summed E-state index contributed by atoms with van der Waals surface area (Å²) in [6.45, 7) is 1.71. The summed E-state index contributed by atoms with van der Waals surface area (Å²) in [5, 5.41) is 11.4. The lowest BCUT2D eigenvalue weighted by Gasteiger charge is -2.56. The first-order valence-corrected chi connectivity index (χ1v) is 11.9. The molecule has 0 bridgehead atoms. The molecule has 170 valence electrons. The number of likely N-dealkylation sites (tertiary alicyclic amines) is 1. The van der Waals surface area contributed by atoms with E-state index in [4.69, 9.17) is 4.74 Å². The Bertz CT molecular complexity index is 1080. The van der Waals surface area contributed by atoms with Gasteiger partial charge in [-0.2, -0.15) is 0 Å². The van der Waals surface area contributed by atoms with E-state index in [1.54, 1.807) is 7.11 Å². The van der Waals surface area contributed by atoms with Gasteiger partial charge in [0.1, 0.15) is 5.75 Å². The molecular formula is C25H31N3O4. The fourth-order valence-electron chi connectivity index (χ4n) is 5.77. The number of fused-ring (bicyclic) bond motifs is 4. The van der Waals surface area contributed by atoms with Gasteiger partial charge >= 0.3 is 0 Å². The van der Waals surface area contributed by atoms with Gasteiger partial charge in [-0.1, -0.05) is 0 Å². The molecule has 0 radical (unpaired) electrons. The van der Waals surface area contributed by atoms with Gasteiger partial charge in [-0.05, 0) is 55.2 Å². The number of aliphatic hydroxyl groups is 1. The van der Waals surface area contributed by atoms with Crippen molar-refractivity contribution in [2.75, 3.05) is 33.4 Å². The molecule has 32 heavy (non-hydrogen) atoms. The number of aliphatic hydroxyl groups excluding tert-OH is 1. The summed E-state index contributed by atoms with van der Waals surface area (Å²) in [6.07, 6.45) is 5.78. The molecule has 1 saturated heterocycles. The van der Waals surface area contributed by atoms with Crippen LogP contribution in [0.15, 0.2) is 18.2 Å². The summed E-state index contributed by atoms with van der Waals surface area (Å²) in [7, 11) is 1.65. The lowest BCUT2D eigenvalue weighted by Crippen LogP contribution is -2.68. The second kappa shape index (κ2) is 7.24. The Morgan fingerprint density at radius 3 is 2.41 bits per heavy atom. The largest absolute Gasteiger partial charge is 0.497 e. The number of hydrogen-bond donors (Lipinski definition) is 2. The number of H-pyrrole nitrogens is 1. The van der Waals surface area contributed by atoms with E-state index in [1.165, 1.54) is 18.4 Å². The third-order valence-electron chi connectivity index (χ3n) is 7.90. The molecule has 1 aromatic carbocycles. The monoisotopic (exact) mass is 437 g/mol. The van der Waals surface area contributed by atoms with Gasteiger partial charge in [-0.15, -0.1) is 0 Å². The molecule has 2 N–H and O–H groups in total. The molecule has 7 nitrogen and oxygen atoms in total. The lowest BCUT2D eigenvalue weighted by molar-refractivity contribution is -0.145. The van der Waals surface area contributed by atoms with E-state index in [0.717, 1.165) is 35.2 Å². The Morgan fingerprint density at radius 2 is 1.78 bits per heavy atom. The highest BCUT2D eigenvalue weighted by molar-refractivity contribution is 5.90. The number of carbonyl (C=O) groups is 2. The number of hydrogen-bond acceptors (Lipinski definition) is 4. The number of nitrogens with zero attached hydrogens (tertiary/aromatic N) is 2. The summed E-state index contributed by atoms with van der Waals surface area (Å²) in [4.78, 5) is 33.4. The van der Waals surface area contributed by atoms with Crippen LogP contribution in [0.2, 0.25) is 0 Å². The fourth-order valence-corrected chi connectivity index (χ4v) is 5.77. The molecule has 3 heterocycles. The van der Waals surface area contributed by atoms with Crippen LogP contribution < -0.4 is 4.74 Å². The first-order valence-electron chi connectivity index (χ1n) is 11.9. The van der Waals surface area contributed by atoms with Crippen molar-refractivity contribution in [1.82, 2.24) is 14.8 Å². The SMILES string of the molecule is COc1ccc2c3c([nH]c2c1)[C@@H](CO)N(C(=O)CC1CC1)CC31CN(C(=O)CC2CC2)C1. The van der Waals surface area contributed by atoms with Gasteiger partial charge in [-0.3, -0.25) is 9.59 Å². The van der Waals surface area contributed by atoms with Crippen molar-refractivity contribution in [2.45, 2.75) is 50.0 Å². The third kappa shape index (κ3) is 3.20. The fraction of sp³-hybridized carbons (Fsp3) is 0.600. The van der Waals surface area contributed by atoms with E-state index in [2.05, 4.69) is 11.1 Å². The van der Waals surface area contributed by atoms with E-state index in [9.17, 15) is 14.7 Å². The summed E-state index contributed by atoms with van der Waals surface area (Å²) < 4.78 is 5.41. The number of aromatic amines is 1. The highest BCUT2D eigenvalue weighted by Crippen LogP contribution is 2.49. The maximum absolute atomic E-state index is 13.2. The van der Waals surface area contributed by atoms with Crippen molar-refractivity contribution in [3.8, 4) is 5.75 Å². The average Bonchev–Trinajstić information content (AvgIpc) is 3.69. The van der Waals surface area contributed by atoms with Crippen LogP contribution in [0.1, 0.15) is 55.8 Å². The summed E-state index contributed by atoms with van der Waals surface area (Å²) in [5.74, 6) is 2.18. The maximum Gasteiger partial charge on any atom is 0.223 e. The van der Waals surface area contributed by atoms with Crippen molar-refractivity contribution in [1.29, 1.82) is 0 Å². The van der Waals surface area contributed by atoms with Crippen LogP contribution in [0.25, 0.3) is 10.9 Å². The van der Waals surface area contributed by atoms with Crippen molar-refractivity contribution >= 4 is 22.7 Å². The van der Waals surface area contributed by atoms with Crippen LogP contribution in [-0.2, 0) is 15.0 Å². The zero-order valence-corrected chi connectivity index (χ0v) is 18.6. The number of benzene rings is 1. The summed E-state index contributed by atoms with van der Waals surface area (Å²) in [5.41, 5.74) is 2.75. The number of carbonyl (C=O) groups excluding carboxylic acids is 2. The Labute approximate surface area is 187 Å². The Morgan fingerprint density at radius 1 is 1.09 bits per heavy atom.